The molecule has 1 aliphatic rings. The van der Waals surface area contributed by atoms with Crippen LogP contribution in [0.3, 0.4) is 0 Å². The van der Waals surface area contributed by atoms with Gasteiger partial charge in [0.1, 0.15) is 30.2 Å². The molecule has 350 valence electrons. The number of urea groups is 1. The molecule has 21 heteroatoms. The van der Waals surface area contributed by atoms with Gasteiger partial charge in [-0.05, 0) is 74.3 Å². The van der Waals surface area contributed by atoms with E-state index in [-0.39, 0.29) is 43.1 Å². The normalized spacial score (nSPS) is 16.3. The number of aliphatic hydroxyl groups excluding tert-OH is 2. The van der Waals surface area contributed by atoms with Gasteiger partial charge < -0.3 is 57.6 Å². The average Bonchev–Trinajstić information content (AvgIpc) is 3.70. The highest BCUT2D eigenvalue weighted by molar-refractivity contribution is 6.05. The third kappa shape index (κ3) is 14.5. The topological polar surface area (TPSA) is 327 Å². The first-order chi connectivity index (χ1) is 30.0. The summed E-state index contributed by atoms with van der Waals surface area (Å²) in [5.41, 5.74) is 6.41. The maximum absolute atomic E-state index is 14.2. The van der Waals surface area contributed by atoms with Crippen molar-refractivity contribution in [3.63, 3.8) is 0 Å². The minimum absolute atomic E-state index is 0.0167. The molecule has 21 nitrogen and oxygen atoms in total. The molecule has 1 saturated heterocycles. The van der Waals surface area contributed by atoms with Crippen LogP contribution in [0.25, 0.3) is 0 Å². The van der Waals surface area contributed by atoms with E-state index in [1.807, 2.05) is 13.8 Å². The van der Waals surface area contributed by atoms with Crippen molar-refractivity contribution in [1.82, 2.24) is 26.2 Å². The lowest BCUT2D eigenvalue weighted by Crippen LogP contribution is -2.61. The summed E-state index contributed by atoms with van der Waals surface area (Å²) in [4.78, 5) is 120. The summed E-state index contributed by atoms with van der Waals surface area (Å²) >= 11 is 0. The summed E-state index contributed by atoms with van der Waals surface area (Å²) in [6, 6.07) is 2.69. The van der Waals surface area contributed by atoms with Crippen LogP contribution in [0.2, 0.25) is 0 Å². The van der Waals surface area contributed by atoms with Crippen LogP contribution in [0.5, 0.6) is 0 Å². The molecular weight excluding hydrogens is 837 g/mol. The second-order valence-corrected chi connectivity index (χ2v) is 16.5. The quantitative estimate of drug-likeness (QED) is 0.0745. The van der Waals surface area contributed by atoms with Crippen LogP contribution in [0, 0.1) is 18.8 Å². The van der Waals surface area contributed by atoms with Crippen LogP contribution in [0.15, 0.2) is 48.5 Å². The Bertz CT molecular complexity index is 2030. The number of hydrogen-bond acceptors (Lipinski definition) is 11. The van der Waals surface area contributed by atoms with Crippen molar-refractivity contribution < 1.29 is 63.6 Å². The van der Waals surface area contributed by atoms with Gasteiger partial charge >= 0.3 is 18.0 Å². The molecule has 2 aromatic rings. The number of aliphatic carboxylic acids is 2. The molecule has 64 heavy (non-hydrogen) atoms. The number of hydrogen-bond donors (Lipinski definition) is 10. The summed E-state index contributed by atoms with van der Waals surface area (Å²) in [6.07, 6.45) is -2.05. The first-order valence-electron chi connectivity index (χ1n) is 20.8. The number of anilines is 2. The van der Waals surface area contributed by atoms with E-state index in [2.05, 4.69) is 26.6 Å². The van der Waals surface area contributed by atoms with Crippen molar-refractivity contribution in [2.24, 2.45) is 17.6 Å². The number of primary amides is 1. The number of aliphatic hydroxyl groups is 2. The molecule has 1 fully saturated rings. The standard InChI is InChI=1S/C43H60N8O13/c1-22(2)17-29(45-33(54)19-26-11-8-7-9-12-26)37(57)46-30(20-34(55)56)38(58)49-35(23(3)4)41(61)50-16-10-13-32(50)39(59)47-31(21-52)40(60)51(36(25(6)53)42(62)63)27-14-15-28(24(5)18-27)48-43(44)64/h7-9,11-12,14-15,18,22-23,25,29-32,35-36,52-53H,10,13,16-17,19-21H2,1-6H3,(H,45,54)(H,46,57)(H,47,59)(H,49,58)(H,55,56)(H,62,63)(H3,44,48,64)/t25-,29+,30+,31+,32+,35+,36+/m1/s1. The Morgan fingerprint density at radius 1 is 0.844 bits per heavy atom. The third-order valence-corrected chi connectivity index (χ3v) is 10.4. The highest BCUT2D eigenvalue weighted by Gasteiger charge is 2.43. The number of benzene rings is 2. The molecule has 0 aromatic heterocycles. The highest BCUT2D eigenvalue weighted by Crippen LogP contribution is 2.27. The second-order valence-electron chi connectivity index (χ2n) is 16.5. The molecule has 0 saturated carbocycles. The van der Waals surface area contributed by atoms with Crippen LogP contribution in [-0.2, 0) is 44.8 Å². The maximum Gasteiger partial charge on any atom is 0.329 e. The van der Waals surface area contributed by atoms with E-state index in [9.17, 15) is 63.6 Å². The molecule has 0 radical (unpaired) electrons. The van der Waals surface area contributed by atoms with Crippen molar-refractivity contribution in [1.29, 1.82) is 0 Å². The van der Waals surface area contributed by atoms with Crippen LogP contribution in [-0.4, -0.2) is 134 Å². The molecule has 2 aromatic carbocycles. The number of likely N-dealkylation sites (tertiary alicyclic amines) is 1. The zero-order chi connectivity index (χ0) is 48.0. The smallest absolute Gasteiger partial charge is 0.329 e. The Morgan fingerprint density at radius 2 is 1.48 bits per heavy atom. The Hall–Kier alpha value is -6.61. The van der Waals surface area contributed by atoms with Gasteiger partial charge in [0.15, 0.2) is 6.04 Å². The molecule has 7 atom stereocenters. The van der Waals surface area contributed by atoms with Crippen molar-refractivity contribution in [3.05, 3.63) is 59.7 Å². The van der Waals surface area contributed by atoms with Crippen LogP contribution >= 0.6 is 0 Å². The lowest BCUT2D eigenvalue weighted by molar-refractivity contribution is -0.145. The van der Waals surface area contributed by atoms with Crippen molar-refractivity contribution >= 4 is 64.8 Å². The van der Waals surface area contributed by atoms with Gasteiger partial charge in [-0.1, -0.05) is 58.0 Å². The number of nitrogens with zero attached hydrogens (tertiary/aromatic N) is 2. The number of carbonyl (C=O) groups is 9. The largest absolute Gasteiger partial charge is 0.481 e. The van der Waals surface area contributed by atoms with E-state index in [1.54, 1.807) is 44.2 Å². The molecular formula is C43H60N8O13. The van der Waals surface area contributed by atoms with E-state index >= 15 is 0 Å². The number of amides is 8. The van der Waals surface area contributed by atoms with Crippen LogP contribution in [0.4, 0.5) is 16.2 Å². The fourth-order valence-corrected chi connectivity index (χ4v) is 7.28. The number of nitrogens with one attached hydrogen (secondary N) is 5. The molecule has 11 N–H and O–H groups in total. The summed E-state index contributed by atoms with van der Waals surface area (Å²) in [5, 5.41) is 53.0. The zero-order valence-corrected chi connectivity index (χ0v) is 36.7. The molecule has 0 unspecified atom stereocenters. The van der Waals surface area contributed by atoms with E-state index in [1.165, 1.54) is 25.1 Å². The number of carboxylic acid groups (broad SMARTS) is 2. The van der Waals surface area contributed by atoms with Gasteiger partial charge in [-0.25, -0.2) is 9.59 Å². The fraction of sp³-hybridized carbons (Fsp3) is 0.512. The lowest BCUT2D eigenvalue weighted by atomic mass is 10.00. The highest BCUT2D eigenvalue weighted by atomic mass is 16.4. The van der Waals surface area contributed by atoms with Gasteiger partial charge in [0, 0.05) is 17.9 Å². The number of nitrogens with two attached hydrogens (primary N) is 1. The minimum atomic E-state index is -1.91. The van der Waals surface area contributed by atoms with Crippen molar-refractivity contribution in [2.45, 2.75) is 116 Å². The first kappa shape index (κ1) is 51.7. The lowest BCUT2D eigenvalue weighted by Gasteiger charge is -2.35. The van der Waals surface area contributed by atoms with E-state index < -0.39 is 115 Å². The molecule has 3 rings (SSSR count). The summed E-state index contributed by atoms with van der Waals surface area (Å²) in [5.74, 6) is -8.92. The van der Waals surface area contributed by atoms with Crippen molar-refractivity contribution in [3.8, 4) is 0 Å². The zero-order valence-electron chi connectivity index (χ0n) is 36.7. The Balaban J connectivity index is 1.83. The maximum atomic E-state index is 14.2. The predicted molar refractivity (Wildman–Crippen MR) is 231 cm³/mol. The molecule has 0 bridgehead atoms. The van der Waals surface area contributed by atoms with Gasteiger partial charge in [-0.3, -0.25) is 38.5 Å². The Morgan fingerprint density at radius 3 is 2.02 bits per heavy atom. The molecule has 0 aliphatic carbocycles. The summed E-state index contributed by atoms with van der Waals surface area (Å²) < 4.78 is 0. The number of carboxylic acids is 2. The van der Waals surface area contributed by atoms with Gasteiger partial charge in [-0.2, -0.15) is 0 Å². The minimum Gasteiger partial charge on any atom is -0.481 e. The van der Waals surface area contributed by atoms with Gasteiger partial charge in [0.05, 0.1) is 25.6 Å². The molecule has 8 amide bonds. The molecule has 0 spiro atoms. The van der Waals surface area contributed by atoms with Gasteiger partial charge in [0.25, 0.3) is 5.91 Å². The number of carbonyl (C=O) groups excluding carboxylic acids is 7. The summed E-state index contributed by atoms with van der Waals surface area (Å²) in [6.45, 7) is 8.44. The Labute approximate surface area is 370 Å². The summed E-state index contributed by atoms with van der Waals surface area (Å²) in [7, 11) is 0. The van der Waals surface area contributed by atoms with Gasteiger partial charge in [0.2, 0.25) is 29.5 Å². The van der Waals surface area contributed by atoms with Crippen molar-refractivity contribution in [2.75, 3.05) is 23.4 Å². The number of aryl methyl sites for hydroxylation is 1. The Kier molecular flexibility index (Phi) is 19.2. The van der Waals surface area contributed by atoms with E-state index in [0.29, 0.717) is 22.4 Å². The number of rotatable bonds is 22. The average molecular weight is 897 g/mol. The van der Waals surface area contributed by atoms with Gasteiger partial charge in [-0.15, -0.1) is 0 Å². The van der Waals surface area contributed by atoms with Crippen LogP contribution in [0.1, 0.15) is 71.4 Å². The van der Waals surface area contributed by atoms with Crippen LogP contribution < -0.4 is 37.2 Å². The van der Waals surface area contributed by atoms with E-state index in [0.717, 1.165) is 11.8 Å². The second kappa shape index (κ2) is 23.7. The molecule has 1 heterocycles. The first-order valence-corrected chi connectivity index (χ1v) is 20.8. The third-order valence-electron chi connectivity index (χ3n) is 10.4. The SMILES string of the molecule is Cc1cc(N(C(=O)[C@H](CO)NC(=O)[C@@H]2CCCN2C(=O)[C@@H](NC(=O)[C@H](CC(=O)O)NC(=O)[C@H](CC(C)C)NC(=O)Cc2ccccc2)C(C)C)[C@H](C(=O)O)[C@@H](C)O)ccc1NC(N)=O. The van der Waals surface area contributed by atoms with E-state index in [4.69, 9.17) is 5.73 Å². The monoisotopic (exact) mass is 896 g/mol. The molecule has 1 aliphatic heterocycles. The fourth-order valence-electron chi connectivity index (χ4n) is 7.28. The predicted octanol–water partition coefficient (Wildman–Crippen LogP) is -0.00538.